The molecular weight excluding hydrogens is 196 g/mol. The average Bonchev–Trinajstić information content (AvgIpc) is 2.18. The molecule has 1 aliphatic heterocycles. The number of aliphatic hydroxyl groups excluding tert-OH is 1. The molecule has 0 spiro atoms. The minimum atomic E-state index is -0.871. The molecule has 1 aromatic carbocycles. The molecule has 1 aliphatic rings. The summed E-state index contributed by atoms with van der Waals surface area (Å²) >= 11 is 0. The molecule has 15 heavy (non-hydrogen) atoms. The number of aromatic hydroxyl groups is 1. The number of aliphatic hydroxyl groups is 1. The zero-order valence-electron chi connectivity index (χ0n) is 8.52. The third-order valence-corrected chi connectivity index (χ3v) is 2.68. The van der Waals surface area contributed by atoms with Crippen LogP contribution >= 0.6 is 0 Å². The maximum Gasteiger partial charge on any atom is 0.342 e. The summed E-state index contributed by atoms with van der Waals surface area (Å²) in [6, 6.07) is 3.10. The third-order valence-electron chi connectivity index (χ3n) is 2.68. The summed E-state index contributed by atoms with van der Waals surface area (Å²) < 4.78 is 4.91. The molecule has 2 unspecified atom stereocenters. The first-order valence-electron chi connectivity index (χ1n) is 4.74. The average molecular weight is 208 g/mol. The molecule has 4 nitrogen and oxygen atoms in total. The summed E-state index contributed by atoms with van der Waals surface area (Å²) in [6.07, 6.45) is -1.45. The Labute approximate surface area is 87.1 Å². The van der Waals surface area contributed by atoms with E-state index in [1.54, 1.807) is 19.9 Å². The van der Waals surface area contributed by atoms with Crippen molar-refractivity contribution in [3.8, 4) is 5.75 Å². The molecule has 4 heteroatoms. The van der Waals surface area contributed by atoms with Gasteiger partial charge in [0, 0.05) is 5.56 Å². The van der Waals surface area contributed by atoms with Gasteiger partial charge in [-0.25, -0.2) is 4.79 Å². The lowest BCUT2D eigenvalue weighted by Gasteiger charge is -2.28. The predicted molar refractivity (Wildman–Crippen MR) is 52.7 cm³/mol. The molecule has 0 fully saturated rings. The van der Waals surface area contributed by atoms with Crippen molar-refractivity contribution in [1.29, 1.82) is 0 Å². The molecule has 2 N–H and O–H groups in total. The van der Waals surface area contributed by atoms with E-state index >= 15 is 0 Å². The van der Waals surface area contributed by atoms with Crippen LogP contribution in [0.1, 0.15) is 34.5 Å². The molecule has 0 aromatic heterocycles. The molecule has 2 rings (SSSR count). The van der Waals surface area contributed by atoms with Crippen LogP contribution in [0.2, 0.25) is 0 Å². The fourth-order valence-electron chi connectivity index (χ4n) is 1.83. The third kappa shape index (κ3) is 1.37. The summed E-state index contributed by atoms with van der Waals surface area (Å²) in [5, 5.41) is 19.4. The lowest BCUT2D eigenvalue weighted by molar-refractivity contribution is -0.0219. The Morgan fingerprint density at radius 3 is 2.73 bits per heavy atom. The zero-order valence-corrected chi connectivity index (χ0v) is 8.52. The van der Waals surface area contributed by atoms with Crippen molar-refractivity contribution in [1.82, 2.24) is 0 Å². The Balaban J connectivity index is 2.70. The van der Waals surface area contributed by atoms with Crippen LogP contribution in [0.15, 0.2) is 12.1 Å². The van der Waals surface area contributed by atoms with Crippen molar-refractivity contribution in [3.63, 3.8) is 0 Å². The number of hydrogen-bond donors (Lipinski definition) is 2. The van der Waals surface area contributed by atoms with Gasteiger partial charge >= 0.3 is 5.97 Å². The normalized spacial score (nSPS) is 24.6. The smallest absolute Gasteiger partial charge is 0.342 e. The number of aryl methyl sites for hydroxylation is 1. The van der Waals surface area contributed by atoms with Crippen molar-refractivity contribution in [3.05, 3.63) is 28.8 Å². The van der Waals surface area contributed by atoms with Gasteiger partial charge in [-0.2, -0.15) is 0 Å². The minimum absolute atomic E-state index is 0.0839. The molecule has 1 aromatic rings. The molecule has 0 amide bonds. The molecule has 1 heterocycles. The number of benzene rings is 1. The second kappa shape index (κ2) is 3.24. The van der Waals surface area contributed by atoms with Crippen LogP contribution in [0.3, 0.4) is 0 Å². The van der Waals surface area contributed by atoms with Crippen LogP contribution in [-0.2, 0) is 4.74 Å². The monoisotopic (exact) mass is 208 g/mol. The fraction of sp³-hybridized carbons (Fsp3) is 0.364. The number of cyclic esters (lactones) is 1. The zero-order chi connectivity index (χ0) is 11.2. The van der Waals surface area contributed by atoms with Gasteiger partial charge in [0.05, 0.1) is 0 Å². The molecule has 2 atom stereocenters. The highest BCUT2D eigenvalue weighted by atomic mass is 16.6. The predicted octanol–water partition coefficient (Wildman–Crippen LogP) is 1.29. The Hall–Kier alpha value is -1.55. The Morgan fingerprint density at radius 2 is 2.07 bits per heavy atom. The summed E-state index contributed by atoms with van der Waals surface area (Å²) in [6.45, 7) is 3.40. The van der Waals surface area contributed by atoms with Crippen molar-refractivity contribution in [2.24, 2.45) is 0 Å². The molecule has 0 aliphatic carbocycles. The van der Waals surface area contributed by atoms with Gasteiger partial charge in [0.25, 0.3) is 0 Å². The number of esters is 1. The van der Waals surface area contributed by atoms with Gasteiger partial charge in [-0.3, -0.25) is 0 Å². The first-order chi connectivity index (χ1) is 7.02. The van der Waals surface area contributed by atoms with Crippen molar-refractivity contribution < 1.29 is 19.7 Å². The Morgan fingerprint density at radius 1 is 1.40 bits per heavy atom. The maximum atomic E-state index is 11.5. The first-order valence-corrected chi connectivity index (χ1v) is 4.74. The van der Waals surface area contributed by atoms with Gasteiger partial charge in [-0.15, -0.1) is 0 Å². The molecular formula is C11H12O4. The van der Waals surface area contributed by atoms with Crippen LogP contribution in [0, 0.1) is 6.92 Å². The van der Waals surface area contributed by atoms with E-state index in [0.717, 1.165) is 5.56 Å². The molecule has 0 saturated carbocycles. The van der Waals surface area contributed by atoms with Crippen LogP contribution in [-0.4, -0.2) is 22.3 Å². The number of phenols is 1. The van der Waals surface area contributed by atoms with Crippen molar-refractivity contribution in [2.45, 2.75) is 26.1 Å². The van der Waals surface area contributed by atoms with E-state index in [4.69, 9.17) is 4.74 Å². The number of carbonyl (C=O) groups is 1. The summed E-state index contributed by atoms with van der Waals surface area (Å²) in [4.78, 5) is 11.5. The highest BCUT2D eigenvalue weighted by Gasteiger charge is 2.34. The maximum absolute atomic E-state index is 11.5. The number of phenolic OH excluding ortho intramolecular Hbond substituents is 1. The summed E-state index contributed by atoms with van der Waals surface area (Å²) in [7, 11) is 0. The Bertz CT molecular complexity index is 425. The summed E-state index contributed by atoms with van der Waals surface area (Å²) in [5.74, 6) is -0.726. The number of ether oxygens (including phenoxy) is 1. The Kier molecular flexibility index (Phi) is 2.16. The highest BCUT2D eigenvalue weighted by molar-refractivity contribution is 5.95. The quantitative estimate of drug-likeness (QED) is 0.630. The van der Waals surface area contributed by atoms with Crippen LogP contribution in [0.5, 0.6) is 5.75 Å². The second-order valence-electron chi connectivity index (χ2n) is 3.75. The van der Waals surface area contributed by atoms with Crippen molar-refractivity contribution in [2.75, 3.05) is 0 Å². The van der Waals surface area contributed by atoms with E-state index in [1.807, 2.05) is 0 Å². The standard InChI is InChI=1S/C11H12O4/c1-5-3-4-7(12)9-8(5)10(13)6(2)15-11(9)14/h3-4,6,10,12-13H,1-2H3. The van der Waals surface area contributed by atoms with E-state index in [2.05, 4.69) is 0 Å². The molecule has 0 radical (unpaired) electrons. The van der Waals surface area contributed by atoms with E-state index in [1.165, 1.54) is 6.07 Å². The van der Waals surface area contributed by atoms with Gasteiger partial charge in [-0.1, -0.05) is 6.07 Å². The van der Waals surface area contributed by atoms with Gasteiger partial charge < -0.3 is 14.9 Å². The second-order valence-corrected chi connectivity index (χ2v) is 3.75. The van der Waals surface area contributed by atoms with E-state index in [0.29, 0.717) is 5.56 Å². The van der Waals surface area contributed by atoms with E-state index in [-0.39, 0.29) is 11.3 Å². The number of fused-ring (bicyclic) bond motifs is 1. The van der Waals surface area contributed by atoms with Crippen molar-refractivity contribution >= 4 is 5.97 Å². The lowest BCUT2D eigenvalue weighted by atomic mass is 9.91. The van der Waals surface area contributed by atoms with Gasteiger partial charge in [0.2, 0.25) is 0 Å². The van der Waals surface area contributed by atoms with Gasteiger partial charge in [0.15, 0.2) is 0 Å². The molecule has 0 bridgehead atoms. The van der Waals surface area contributed by atoms with Crippen LogP contribution < -0.4 is 0 Å². The van der Waals surface area contributed by atoms with E-state index < -0.39 is 18.2 Å². The number of hydrogen-bond acceptors (Lipinski definition) is 4. The molecule has 0 saturated heterocycles. The number of carbonyl (C=O) groups excluding carboxylic acids is 1. The minimum Gasteiger partial charge on any atom is -0.507 e. The van der Waals surface area contributed by atoms with Gasteiger partial charge in [0.1, 0.15) is 23.5 Å². The highest BCUT2D eigenvalue weighted by Crippen LogP contribution is 2.36. The largest absolute Gasteiger partial charge is 0.507 e. The fourth-order valence-corrected chi connectivity index (χ4v) is 1.83. The number of rotatable bonds is 0. The SMILES string of the molecule is Cc1ccc(O)c2c1C(O)C(C)OC2=O. The molecule has 80 valence electrons. The lowest BCUT2D eigenvalue weighted by Crippen LogP contribution is -2.30. The topological polar surface area (TPSA) is 66.8 Å². The van der Waals surface area contributed by atoms with Crippen LogP contribution in [0.4, 0.5) is 0 Å². The van der Waals surface area contributed by atoms with Gasteiger partial charge in [-0.05, 0) is 25.5 Å². The summed E-state index contributed by atoms with van der Waals surface area (Å²) in [5.41, 5.74) is 1.33. The van der Waals surface area contributed by atoms with Crippen LogP contribution in [0.25, 0.3) is 0 Å². The first kappa shape index (κ1) is 9.98. The van der Waals surface area contributed by atoms with E-state index in [9.17, 15) is 15.0 Å².